The Morgan fingerprint density at radius 1 is 1.33 bits per heavy atom. The Labute approximate surface area is 106 Å². The molecule has 1 aliphatic heterocycles. The molecule has 0 unspecified atom stereocenters. The summed E-state index contributed by atoms with van der Waals surface area (Å²) in [7, 11) is 0. The number of hydrogen-bond donors (Lipinski definition) is 2. The summed E-state index contributed by atoms with van der Waals surface area (Å²) in [6, 6.07) is 5.64. The highest BCUT2D eigenvalue weighted by molar-refractivity contribution is 5.89. The number of amides is 2. The van der Waals surface area contributed by atoms with Gasteiger partial charge in [-0.2, -0.15) is 0 Å². The van der Waals surface area contributed by atoms with Crippen LogP contribution in [0.5, 0.6) is 0 Å². The molecule has 0 aromatic heterocycles. The van der Waals surface area contributed by atoms with Gasteiger partial charge in [0.05, 0.1) is 0 Å². The molecule has 0 atom stereocenters. The second-order valence-electron chi connectivity index (χ2n) is 4.60. The number of likely N-dealkylation sites (tertiary alicyclic amines) is 1. The van der Waals surface area contributed by atoms with Crippen molar-refractivity contribution in [2.24, 2.45) is 11.7 Å². The minimum absolute atomic E-state index is 0.128. The first-order chi connectivity index (χ1) is 8.69. The molecular weight excluding hydrogens is 233 g/mol. The lowest BCUT2D eigenvalue weighted by Gasteiger charge is -2.31. The minimum Gasteiger partial charge on any atom is -0.330 e. The summed E-state index contributed by atoms with van der Waals surface area (Å²) in [4.78, 5) is 13.7. The quantitative estimate of drug-likeness (QED) is 0.845. The zero-order valence-corrected chi connectivity index (χ0v) is 10.2. The molecule has 0 spiro atoms. The zero-order valence-electron chi connectivity index (χ0n) is 10.2. The van der Waals surface area contributed by atoms with E-state index in [-0.39, 0.29) is 11.8 Å². The zero-order chi connectivity index (χ0) is 13.0. The molecule has 4 nitrogen and oxygen atoms in total. The third kappa shape index (κ3) is 3.20. The Balaban J connectivity index is 1.87. The van der Waals surface area contributed by atoms with Crippen molar-refractivity contribution >= 4 is 11.7 Å². The van der Waals surface area contributed by atoms with Gasteiger partial charge in [0.25, 0.3) is 0 Å². The number of piperidine rings is 1. The largest absolute Gasteiger partial charge is 0.330 e. The number of carbonyl (C=O) groups excluding carboxylic acids is 1. The summed E-state index contributed by atoms with van der Waals surface area (Å²) in [5, 5.41) is 2.76. The van der Waals surface area contributed by atoms with Crippen molar-refractivity contribution in [2.75, 3.05) is 25.0 Å². The molecule has 1 aromatic rings. The number of nitrogens with zero attached hydrogens (tertiary/aromatic N) is 1. The number of nitrogens with two attached hydrogens (primary N) is 1. The molecule has 3 N–H and O–H groups in total. The molecule has 1 heterocycles. The average Bonchev–Trinajstić information content (AvgIpc) is 2.41. The SMILES string of the molecule is NCC1CCN(C(=O)Nc2ccc(F)cc2)CC1. The van der Waals surface area contributed by atoms with Gasteiger partial charge in [-0.1, -0.05) is 0 Å². The molecule has 0 aliphatic carbocycles. The molecule has 98 valence electrons. The maximum absolute atomic E-state index is 12.7. The van der Waals surface area contributed by atoms with E-state index in [1.54, 1.807) is 17.0 Å². The normalized spacial score (nSPS) is 16.7. The molecule has 18 heavy (non-hydrogen) atoms. The van der Waals surface area contributed by atoms with Crippen molar-refractivity contribution in [3.8, 4) is 0 Å². The first-order valence-corrected chi connectivity index (χ1v) is 6.20. The van der Waals surface area contributed by atoms with Crippen molar-refractivity contribution < 1.29 is 9.18 Å². The van der Waals surface area contributed by atoms with E-state index >= 15 is 0 Å². The Morgan fingerprint density at radius 3 is 2.50 bits per heavy atom. The third-order valence-electron chi connectivity index (χ3n) is 3.33. The van der Waals surface area contributed by atoms with Crippen LogP contribution in [0.1, 0.15) is 12.8 Å². The summed E-state index contributed by atoms with van der Waals surface area (Å²) in [5.41, 5.74) is 6.22. The van der Waals surface area contributed by atoms with Crippen LogP contribution in [0.15, 0.2) is 24.3 Å². The molecule has 1 fully saturated rings. The van der Waals surface area contributed by atoms with E-state index in [0.29, 0.717) is 18.2 Å². The maximum atomic E-state index is 12.7. The highest BCUT2D eigenvalue weighted by atomic mass is 19.1. The van der Waals surface area contributed by atoms with Crippen LogP contribution in [0, 0.1) is 11.7 Å². The predicted molar refractivity (Wildman–Crippen MR) is 68.8 cm³/mol. The van der Waals surface area contributed by atoms with Crippen LogP contribution in [0.3, 0.4) is 0 Å². The van der Waals surface area contributed by atoms with E-state index in [1.807, 2.05) is 0 Å². The van der Waals surface area contributed by atoms with Crippen molar-refractivity contribution in [1.82, 2.24) is 4.90 Å². The Bertz CT molecular complexity index is 399. The van der Waals surface area contributed by atoms with Gasteiger partial charge in [-0.3, -0.25) is 0 Å². The van der Waals surface area contributed by atoms with E-state index in [1.165, 1.54) is 12.1 Å². The Morgan fingerprint density at radius 2 is 1.94 bits per heavy atom. The summed E-state index contributed by atoms with van der Waals surface area (Å²) in [6.07, 6.45) is 1.90. The number of anilines is 1. The monoisotopic (exact) mass is 251 g/mol. The third-order valence-corrected chi connectivity index (χ3v) is 3.33. The fourth-order valence-corrected chi connectivity index (χ4v) is 2.11. The number of nitrogens with one attached hydrogen (secondary N) is 1. The van der Waals surface area contributed by atoms with E-state index in [4.69, 9.17) is 5.73 Å². The van der Waals surface area contributed by atoms with E-state index in [2.05, 4.69) is 5.32 Å². The summed E-state index contributed by atoms with van der Waals surface area (Å²) in [6.45, 7) is 2.15. The number of urea groups is 1. The molecule has 1 saturated heterocycles. The second kappa shape index (κ2) is 5.82. The number of benzene rings is 1. The molecule has 2 amide bonds. The molecule has 0 radical (unpaired) electrons. The summed E-state index contributed by atoms with van der Waals surface area (Å²) >= 11 is 0. The molecule has 2 rings (SSSR count). The lowest BCUT2D eigenvalue weighted by atomic mass is 9.97. The van der Waals surface area contributed by atoms with Gasteiger partial charge in [0.2, 0.25) is 0 Å². The molecule has 1 aromatic carbocycles. The van der Waals surface area contributed by atoms with Gasteiger partial charge in [0.1, 0.15) is 5.82 Å². The molecule has 0 bridgehead atoms. The van der Waals surface area contributed by atoms with E-state index in [0.717, 1.165) is 25.9 Å². The topological polar surface area (TPSA) is 58.4 Å². The highest BCUT2D eigenvalue weighted by Gasteiger charge is 2.21. The molecule has 1 aliphatic rings. The summed E-state index contributed by atoms with van der Waals surface area (Å²) in [5.74, 6) is 0.219. The van der Waals surface area contributed by atoms with Gasteiger partial charge >= 0.3 is 6.03 Å². The number of rotatable bonds is 2. The summed E-state index contributed by atoms with van der Waals surface area (Å²) < 4.78 is 12.7. The van der Waals surface area contributed by atoms with Crippen LogP contribution >= 0.6 is 0 Å². The van der Waals surface area contributed by atoms with Crippen LogP contribution in [-0.2, 0) is 0 Å². The van der Waals surface area contributed by atoms with Crippen LogP contribution < -0.4 is 11.1 Å². The van der Waals surface area contributed by atoms with Crippen molar-refractivity contribution in [1.29, 1.82) is 0 Å². The second-order valence-corrected chi connectivity index (χ2v) is 4.60. The lowest BCUT2D eigenvalue weighted by molar-refractivity contribution is 0.184. The van der Waals surface area contributed by atoms with Gasteiger partial charge in [0, 0.05) is 18.8 Å². The fourth-order valence-electron chi connectivity index (χ4n) is 2.11. The highest BCUT2D eigenvalue weighted by Crippen LogP contribution is 2.17. The molecular formula is C13H18FN3O. The molecule has 5 heteroatoms. The fraction of sp³-hybridized carbons (Fsp3) is 0.462. The first-order valence-electron chi connectivity index (χ1n) is 6.20. The lowest BCUT2D eigenvalue weighted by Crippen LogP contribution is -2.42. The molecule has 0 saturated carbocycles. The van der Waals surface area contributed by atoms with Crippen LogP contribution in [-0.4, -0.2) is 30.6 Å². The maximum Gasteiger partial charge on any atom is 0.321 e. The van der Waals surface area contributed by atoms with E-state index in [9.17, 15) is 9.18 Å². The van der Waals surface area contributed by atoms with Gasteiger partial charge in [0.15, 0.2) is 0 Å². The minimum atomic E-state index is -0.309. The van der Waals surface area contributed by atoms with Crippen LogP contribution in [0.2, 0.25) is 0 Å². The van der Waals surface area contributed by atoms with Gasteiger partial charge in [-0.05, 0) is 49.6 Å². The van der Waals surface area contributed by atoms with Gasteiger partial charge in [-0.25, -0.2) is 9.18 Å². The van der Waals surface area contributed by atoms with Crippen molar-refractivity contribution in [3.05, 3.63) is 30.1 Å². The number of carbonyl (C=O) groups is 1. The number of halogens is 1. The number of hydrogen-bond acceptors (Lipinski definition) is 2. The Kier molecular flexibility index (Phi) is 4.15. The standard InChI is InChI=1S/C13H18FN3O/c14-11-1-3-12(4-2-11)16-13(18)17-7-5-10(9-15)6-8-17/h1-4,10H,5-9,15H2,(H,16,18). The average molecular weight is 251 g/mol. The Hall–Kier alpha value is -1.62. The van der Waals surface area contributed by atoms with Gasteiger partial charge < -0.3 is 16.0 Å². The first kappa shape index (κ1) is 12.8. The van der Waals surface area contributed by atoms with Crippen LogP contribution in [0.25, 0.3) is 0 Å². The van der Waals surface area contributed by atoms with Crippen molar-refractivity contribution in [2.45, 2.75) is 12.8 Å². The smallest absolute Gasteiger partial charge is 0.321 e. The van der Waals surface area contributed by atoms with E-state index < -0.39 is 0 Å². The van der Waals surface area contributed by atoms with Gasteiger partial charge in [-0.15, -0.1) is 0 Å². The van der Waals surface area contributed by atoms with Crippen molar-refractivity contribution in [3.63, 3.8) is 0 Å². The van der Waals surface area contributed by atoms with Crippen LogP contribution in [0.4, 0.5) is 14.9 Å². The predicted octanol–water partition coefficient (Wildman–Crippen LogP) is 2.03.